The third-order valence-electron chi connectivity index (χ3n) is 4.57. The van der Waals surface area contributed by atoms with E-state index in [0.717, 1.165) is 10.5 Å². The molecule has 0 aliphatic rings. The summed E-state index contributed by atoms with van der Waals surface area (Å²) in [5, 5.41) is 24.3. The van der Waals surface area contributed by atoms with Crippen molar-refractivity contribution in [3.8, 4) is 5.75 Å². The zero-order valence-corrected chi connectivity index (χ0v) is 19.1. The zero-order chi connectivity index (χ0) is 24.0. The monoisotopic (exact) mass is 484 g/mol. The third kappa shape index (κ3) is 7.00. The van der Waals surface area contributed by atoms with Crippen LogP contribution in [0, 0.1) is 0 Å². The van der Waals surface area contributed by atoms with Crippen molar-refractivity contribution in [3.63, 3.8) is 0 Å². The van der Waals surface area contributed by atoms with Crippen molar-refractivity contribution in [2.75, 3.05) is 10.6 Å². The lowest BCUT2D eigenvalue weighted by Crippen LogP contribution is -2.22. The van der Waals surface area contributed by atoms with Crippen LogP contribution in [0.3, 0.4) is 0 Å². The Balaban J connectivity index is 1.59. The molecule has 0 radical (unpaired) electrons. The van der Waals surface area contributed by atoms with Gasteiger partial charge in [-0.25, -0.2) is 4.79 Å². The highest BCUT2D eigenvalue weighted by Gasteiger charge is 2.17. The van der Waals surface area contributed by atoms with Crippen LogP contribution in [0.15, 0.2) is 71.6 Å². The van der Waals surface area contributed by atoms with E-state index in [1.165, 1.54) is 30.0 Å². The zero-order valence-electron chi connectivity index (χ0n) is 17.5. The summed E-state index contributed by atoms with van der Waals surface area (Å²) >= 11 is 7.15. The maximum atomic E-state index is 12.6. The lowest BCUT2D eigenvalue weighted by Gasteiger charge is -2.14. The molecule has 0 saturated heterocycles. The van der Waals surface area contributed by atoms with Crippen molar-refractivity contribution in [3.05, 3.63) is 82.9 Å². The largest absolute Gasteiger partial charge is 0.507 e. The number of carbonyl (C=O) groups excluding carboxylic acids is 2. The van der Waals surface area contributed by atoms with E-state index in [9.17, 15) is 19.5 Å². The summed E-state index contributed by atoms with van der Waals surface area (Å²) in [6, 6.07) is 18.0. The first kappa shape index (κ1) is 24.2. The quantitative estimate of drug-likeness (QED) is 0.263. The summed E-state index contributed by atoms with van der Waals surface area (Å²) in [4.78, 5) is 36.8. The molecule has 0 spiro atoms. The summed E-state index contributed by atoms with van der Waals surface area (Å²) in [6.45, 7) is 1.71. The van der Waals surface area contributed by atoms with E-state index in [0.29, 0.717) is 10.7 Å². The molecule has 0 aliphatic heterocycles. The smallest absolute Gasteiger partial charge is 0.339 e. The van der Waals surface area contributed by atoms with Gasteiger partial charge < -0.3 is 20.8 Å². The molecule has 4 N–H and O–H groups in total. The molecule has 1 atom stereocenters. The van der Waals surface area contributed by atoms with E-state index in [-0.39, 0.29) is 35.2 Å². The van der Waals surface area contributed by atoms with Gasteiger partial charge in [0.15, 0.2) is 0 Å². The highest BCUT2D eigenvalue weighted by Crippen LogP contribution is 2.28. The van der Waals surface area contributed by atoms with Gasteiger partial charge in [-0.05, 0) is 61.0 Å². The van der Waals surface area contributed by atoms with Gasteiger partial charge in [-0.3, -0.25) is 9.59 Å². The van der Waals surface area contributed by atoms with Gasteiger partial charge in [-0.2, -0.15) is 0 Å². The van der Waals surface area contributed by atoms with E-state index in [1.54, 1.807) is 49.4 Å². The van der Waals surface area contributed by atoms with E-state index in [1.807, 2.05) is 6.07 Å². The van der Waals surface area contributed by atoms with Crippen LogP contribution >= 0.6 is 23.4 Å². The Labute approximate surface area is 199 Å². The number of aromatic carboxylic acids is 1. The number of anilines is 2. The molecule has 0 saturated carbocycles. The Kier molecular flexibility index (Phi) is 7.97. The van der Waals surface area contributed by atoms with Crippen LogP contribution in [0.2, 0.25) is 5.02 Å². The van der Waals surface area contributed by atoms with Crippen LogP contribution in [0.25, 0.3) is 0 Å². The van der Waals surface area contributed by atoms with Gasteiger partial charge in [0.05, 0.1) is 11.7 Å². The van der Waals surface area contributed by atoms with Crippen molar-refractivity contribution < 1.29 is 24.6 Å². The molecule has 0 aromatic heterocycles. The van der Waals surface area contributed by atoms with E-state index >= 15 is 0 Å². The number of benzene rings is 3. The Morgan fingerprint density at radius 3 is 2.36 bits per heavy atom. The number of hydrogen-bond donors (Lipinski definition) is 4. The molecule has 7 nitrogen and oxygen atoms in total. The van der Waals surface area contributed by atoms with Gasteiger partial charge in [-0.1, -0.05) is 29.8 Å². The minimum atomic E-state index is -1.29. The average Bonchev–Trinajstić information content (AvgIpc) is 2.76. The van der Waals surface area contributed by atoms with Crippen molar-refractivity contribution in [2.45, 2.75) is 23.5 Å². The number of carbonyl (C=O) groups is 3. The minimum Gasteiger partial charge on any atom is -0.507 e. The minimum absolute atomic E-state index is 0.174. The summed E-state index contributed by atoms with van der Waals surface area (Å²) in [7, 11) is 0. The van der Waals surface area contributed by atoms with Crippen molar-refractivity contribution in [2.24, 2.45) is 0 Å². The Morgan fingerprint density at radius 2 is 1.67 bits per heavy atom. The second-order valence-corrected chi connectivity index (χ2v) is 9.02. The molecule has 33 heavy (non-hydrogen) atoms. The Bertz CT molecular complexity index is 1180. The van der Waals surface area contributed by atoms with Crippen LogP contribution in [-0.4, -0.2) is 33.2 Å². The van der Waals surface area contributed by atoms with Crippen LogP contribution in [0.5, 0.6) is 5.75 Å². The normalized spacial score (nSPS) is 11.5. The summed E-state index contributed by atoms with van der Waals surface area (Å²) in [5.41, 5.74) is 1.42. The summed E-state index contributed by atoms with van der Waals surface area (Å²) < 4.78 is 0. The maximum absolute atomic E-state index is 12.6. The molecule has 0 bridgehead atoms. The number of hydrogen-bond acceptors (Lipinski definition) is 5. The third-order valence-corrected chi connectivity index (χ3v) is 5.92. The number of halogens is 1. The van der Waals surface area contributed by atoms with Crippen molar-refractivity contribution in [1.82, 2.24) is 0 Å². The number of nitrogens with one attached hydrogen (secondary N) is 2. The van der Waals surface area contributed by atoms with Gasteiger partial charge >= 0.3 is 5.97 Å². The number of phenols is 1. The molecular formula is C24H21ClN2O5S. The van der Waals surface area contributed by atoms with Crippen molar-refractivity contribution in [1.29, 1.82) is 0 Å². The second-order valence-electron chi connectivity index (χ2n) is 7.17. The first-order valence-electron chi connectivity index (χ1n) is 9.89. The van der Waals surface area contributed by atoms with Crippen LogP contribution in [0.1, 0.15) is 22.8 Å². The van der Waals surface area contributed by atoms with Gasteiger partial charge in [0.1, 0.15) is 11.3 Å². The average molecular weight is 485 g/mol. The maximum Gasteiger partial charge on any atom is 0.339 e. The lowest BCUT2D eigenvalue weighted by molar-refractivity contribution is -0.116. The number of carboxylic acid groups (broad SMARTS) is 1. The van der Waals surface area contributed by atoms with E-state index in [2.05, 4.69) is 10.6 Å². The summed E-state index contributed by atoms with van der Waals surface area (Å²) in [5.74, 6) is -2.18. The molecule has 0 aliphatic carbocycles. The van der Waals surface area contributed by atoms with E-state index in [4.69, 9.17) is 16.7 Å². The first-order valence-corrected chi connectivity index (χ1v) is 11.1. The topological polar surface area (TPSA) is 116 Å². The highest BCUT2D eigenvalue weighted by molar-refractivity contribution is 8.00. The molecule has 0 heterocycles. The fraction of sp³-hybridized carbons (Fsp3) is 0.125. The molecule has 2 amide bonds. The molecule has 3 rings (SSSR count). The number of thioether (sulfide) groups is 1. The summed E-state index contributed by atoms with van der Waals surface area (Å²) in [6.07, 6.45) is 0.207. The SMILES string of the molecule is CC(Sc1cccc(NC(=O)Cc2ccc(Cl)cc2)c1)C(=O)Nc1ccc(O)c(C(=O)O)c1. The Morgan fingerprint density at radius 1 is 0.970 bits per heavy atom. The van der Waals surface area contributed by atoms with Gasteiger partial charge in [0.2, 0.25) is 11.8 Å². The Hall–Kier alpha value is -3.49. The predicted octanol–water partition coefficient (Wildman–Crippen LogP) is 5.04. The number of aromatic hydroxyl groups is 1. The van der Waals surface area contributed by atoms with Crippen LogP contribution < -0.4 is 10.6 Å². The number of rotatable bonds is 8. The predicted molar refractivity (Wildman–Crippen MR) is 129 cm³/mol. The van der Waals surface area contributed by atoms with Gasteiger partial charge in [0, 0.05) is 21.3 Å². The first-order chi connectivity index (χ1) is 15.7. The van der Waals surface area contributed by atoms with E-state index < -0.39 is 11.2 Å². The van der Waals surface area contributed by atoms with Crippen LogP contribution in [-0.2, 0) is 16.0 Å². The molecule has 0 fully saturated rings. The van der Waals surface area contributed by atoms with Crippen LogP contribution in [0.4, 0.5) is 11.4 Å². The van der Waals surface area contributed by atoms with Crippen molar-refractivity contribution >= 4 is 52.5 Å². The molecule has 9 heteroatoms. The molecule has 1 unspecified atom stereocenters. The molecular weight excluding hydrogens is 464 g/mol. The number of carboxylic acids is 1. The fourth-order valence-electron chi connectivity index (χ4n) is 2.93. The highest BCUT2D eigenvalue weighted by atomic mass is 35.5. The fourth-order valence-corrected chi connectivity index (χ4v) is 3.98. The van der Waals surface area contributed by atoms with Gasteiger partial charge in [0.25, 0.3) is 0 Å². The molecule has 3 aromatic carbocycles. The van der Waals surface area contributed by atoms with Gasteiger partial charge in [-0.15, -0.1) is 11.8 Å². The number of amides is 2. The lowest BCUT2D eigenvalue weighted by atomic mass is 10.1. The standard InChI is InChI=1S/C24H21ClN2O5S/c1-14(23(30)27-18-9-10-21(28)20(13-18)24(31)32)33-19-4-2-3-17(12-19)26-22(29)11-15-5-7-16(25)8-6-15/h2-10,12-14,28H,11H2,1H3,(H,26,29)(H,27,30)(H,31,32). The second kappa shape index (κ2) is 10.9. The molecule has 3 aromatic rings. The molecule has 170 valence electrons.